The standard InChI is InChI=1S/C9H15NO3/c1-4-7(5-2)8(9(12)13)10-6(3)11/h4-5H2,1-3H3,(H,10,11)(H,12,13). The molecule has 0 aliphatic carbocycles. The molecule has 0 spiro atoms. The Balaban J connectivity index is 4.85. The lowest BCUT2D eigenvalue weighted by molar-refractivity contribution is -0.134. The van der Waals surface area contributed by atoms with Crippen LogP contribution in [0.5, 0.6) is 0 Å². The van der Waals surface area contributed by atoms with E-state index < -0.39 is 5.97 Å². The minimum atomic E-state index is -1.08. The molecule has 0 rings (SSSR count). The van der Waals surface area contributed by atoms with Crippen molar-refractivity contribution >= 4 is 11.9 Å². The number of carboxylic acid groups (broad SMARTS) is 1. The molecule has 0 aliphatic heterocycles. The van der Waals surface area contributed by atoms with Crippen LogP contribution >= 0.6 is 0 Å². The minimum absolute atomic E-state index is 0.0255. The molecule has 0 atom stereocenters. The molecule has 4 nitrogen and oxygen atoms in total. The first-order chi connectivity index (χ1) is 6.02. The minimum Gasteiger partial charge on any atom is -0.477 e. The summed E-state index contributed by atoms with van der Waals surface area (Å²) in [7, 11) is 0. The molecule has 0 radical (unpaired) electrons. The van der Waals surface area contributed by atoms with Crippen LogP contribution in [-0.2, 0) is 9.59 Å². The van der Waals surface area contributed by atoms with Crippen molar-refractivity contribution in [3.05, 3.63) is 11.3 Å². The van der Waals surface area contributed by atoms with Crippen LogP contribution in [0.1, 0.15) is 33.6 Å². The molecule has 4 heteroatoms. The number of rotatable bonds is 4. The second kappa shape index (κ2) is 5.35. The SMILES string of the molecule is CCC(CC)=C(NC(C)=O)C(=O)O. The summed E-state index contributed by atoms with van der Waals surface area (Å²) in [6.45, 7) is 5.03. The van der Waals surface area contributed by atoms with Crippen LogP contribution in [0, 0.1) is 0 Å². The monoisotopic (exact) mass is 185 g/mol. The highest BCUT2D eigenvalue weighted by molar-refractivity contribution is 5.92. The number of carbonyl (C=O) groups is 2. The molecule has 0 aromatic carbocycles. The third kappa shape index (κ3) is 3.73. The summed E-state index contributed by atoms with van der Waals surface area (Å²) in [4.78, 5) is 21.4. The largest absolute Gasteiger partial charge is 0.477 e. The van der Waals surface area contributed by atoms with Gasteiger partial charge in [-0.3, -0.25) is 4.79 Å². The van der Waals surface area contributed by atoms with Gasteiger partial charge >= 0.3 is 5.97 Å². The van der Waals surface area contributed by atoms with Gasteiger partial charge < -0.3 is 10.4 Å². The van der Waals surface area contributed by atoms with Crippen molar-refractivity contribution in [3.63, 3.8) is 0 Å². The maximum absolute atomic E-state index is 10.7. The van der Waals surface area contributed by atoms with Crippen molar-refractivity contribution in [2.24, 2.45) is 0 Å². The molecule has 0 saturated carbocycles. The zero-order chi connectivity index (χ0) is 10.4. The van der Waals surface area contributed by atoms with Crippen LogP contribution in [-0.4, -0.2) is 17.0 Å². The van der Waals surface area contributed by atoms with Crippen molar-refractivity contribution in [2.75, 3.05) is 0 Å². The molecular formula is C9H15NO3. The van der Waals surface area contributed by atoms with Crippen molar-refractivity contribution in [1.29, 1.82) is 0 Å². The second-order valence-corrected chi connectivity index (χ2v) is 2.67. The van der Waals surface area contributed by atoms with E-state index in [0.29, 0.717) is 12.8 Å². The summed E-state index contributed by atoms with van der Waals surface area (Å²) in [5.74, 6) is -1.43. The predicted octanol–water partition coefficient (Wildman–Crippen LogP) is 1.28. The number of carbonyl (C=O) groups excluding carboxylic acids is 1. The van der Waals surface area contributed by atoms with E-state index in [4.69, 9.17) is 5.11 Å². The summed E-state index contributed by atoms with van der Waals surface area (Å²) in [5.41, 5.74) is 0.778. The summed E-state index contributed by atoms with van der Waals surface area (Å²) >= 11 is 0. The topological polar surface area (TPSA) is 66.4 Å². The first-order valence-electron chi connectivity index (χ1n) is 4.25. The molecule has 74 valence electrons. The van der Waals surface area contributed by atoms with Gasteiger partial charge in [-0.2, -0.15) is 0 Å². The van der Waals surface area contributed by atoms with Gasteiger partial charge in [-0.1, -0.05) is 13.8 Å². The average Bonchev–Trinajstić information content (AvgIpc) is 2.04. The van der Waals surface area contributed by atoms with E-state index in [9.17, 15) is 9.59 Å². The fourth-order valence-electron chi connectivity index (χ4n) is 1.07. The molecule has 0 aliphatic rings. The highest BCUT2D eigenvalue weighted by Gasteiger charge is 2.12. The number of carboxylic acids is 1. The van der Waals surface area contributed by atoms with Gasteiger partial charge in [0.1, 0.15) is 5.70 Å². The number of allylic oxidation sites excluding steroid dienone is 1. The lowest BCUT2D eigenvalue weighted by Gasteiger charge is -2.08. The molecule has 0 unspecified atom stereocenters. The Labute approximate surface area is 77.6 Å². The predicted molar refractivity (Wildman–Crippen MR) is 49.1 cm³/mol. The second-order valence-electron chi connectivity index (χ2n) is 2.67. The average molecular weight is 185 g/mol. The number of aliphatic carboxylic acids is 1. The summed E-state index contributed by atoms with van der Waals surface area (Å²) in [6, 6.07) is 0. The third-order valence-electron chi connectivity index (χ3n) is 1.72. The molecule has 0 bridgehead atoms. The van der Waals surface area contributed by atoms with Crippen molar-refractivity contribution < 1.29 is 14.7 Å². The first-order valence-corrected chi connectivity index (χ1v) is 4.25. The molecule has 0 fully saturated rings. The molecule has 0 aromatic heterocycles. The van der Waals surface area contributed by atoms with E-state index in [1.807, 2.05) is 13.8 Å². The smallest absolute Gasteiger partial charge is 0.352 e. The van der Waals surface area contributed by atoms with Crippen LogP contribution in [0.3, 0.4) is 0 Å². The fraction of sp³-hybridized carbons (Fsp3) is 0.556. The van der Waals surface area contributed by atoms with Crippen molar-refractivity contribution in [1.82, 2.24) is 5.32 Å². The lowest BCUT2D eigenvalue weighted by atomic mass is 10.1. The van der Waals surface area contributed by atoms with Gasteiger partial charge in [0.05, 0.1) is 0 Å². The normalized spacial score (nSPS) is 9.15. The fourth-order valence-corrected chi connectivity index (χ4v) is 1.07. The third-order valence-corrected chi connectivity index (χ3v) is 1.72. The van der Waals surface area contributed by atoms with Crippen LogP contribution in [0.2, 0.25) is 0 Å². The Morgan fingerprint density at radius 1 is 1.23 bits per heavy atom. The van der Waals surface area contributed by atoms with E-state index in [2.05, 4.69) is 5.32 Å². The summed E-state index contributed by atoms with van der Waals surface area (Å²) < 4.78 is 0. The van der Waals surface area contributed by atoms with Crippen molar-refractivity contribution in [3.8, 4) is 0 Å². The van der Waals surface area contributed by atoms with E-state index in [0.717, 1.165) is 5.57 Å². The highest BCUT2D eigenvalue weighted by Crippen LogP contribution is 2.10. The molecule has 0 heterocycles. The lowest BCUT2D eigenvalue weighted by Crippen LogP contribution is -2.26. The van der Waals surface area contributed by atoms with Gasteiger partial charge in [0.2, 0.25) is 5.91 Å². The maximum Gasteiger partial charge on any atom is 0.352 e. The van der Waals surface area contributed by atoms with Gasteiger partial charge in [-0.25, -0.2) is 4.79 Å². The molecular weight excluding hydrogens is 170 g/mol. The molecule has 2 N–H and O–H groups in total. The van der Waals surface area contributed by atoms with E-state index in [1.165, 1.54) is 6.92 Å². The highest BCUT2D eigenvalue weighted by atomic mass is 16.4. The molecule has 0 aromatic rings. The van der Waals surface area contributed by atoms with E-state index >= 15 is 0 Å². The van der Waals surface area contributed by atoms with E-state index in [1.54, 1.807) is 0 Å². The Hall–Kier alpha value is -1.32. The van der Waals surface area contributed by atoms with Gasteiger partial charge in [0.25, 0.3) is 0 Å². The van der Waals surface area contributed by atoms with Crippen LogP contribution in [0.25, 0.3) is 0 Å². The van der Waals surface area contributed by atoms with Crippen LogP contribution in [0.4, 0.5) is 0 Å². The zero-order valence-electron chi connectivity index (χ0n) is 8.18. The number of hydrogen-bond acceptors (Lipinski definition) is 2. The van der Waals surface area contributed by atoms with Crippen molar-refractivity contribution in [2.45, 2.75) is 33.6 Å². The Kier molecular flexibility index (Phi) is 4.80. The summed E-state index contributed by atoms with van der Waals surface area (Å²) in [5, 5.41) is 11.1. The van der Waals surface area contributed by atoms with Gasteiger partial charge in [0.15, 0.2) is 0 Å². The van der Waals surface area contributed by atoms with Gasteiger partial charge in [-0.05, 0) is 18.4 Å². The molecule has 0 saturated heterocycles. The number of amides is 1. The van der Waals surface area contributed by atoms with Crippen LogP contribution < -0.4 is 5.32 Å². The summed E-state index contributed by atoms with van der Waals surface area (Å²) in [6.07, 6.45) is 1.27. The maximum atomic E-state index is 10.7. The molecule has 13 heavy (non-hydrogen) atoms. The van der Waals surface area contributed by atoms with E-state index in [-0.39, 0.29) is 11.6 Å². The van der Waals surface area contributed by atoms with Crippen LogP contribution in [0.15, 0.2) is 11.3 Å². The molecule has 1 amide bonds. The van der Waals surface area contributed by atoms with Gasteiger partial charge in [-0.15, -0.1) is 0 Å². The Bertz CT molecular complexity index is 237. The number of hydrogen-bond donors (Lipinski definition) is 2. The quantitative estimate of drug-likeness (QED) is 0.648. The number of nitrogens with one attached hydrogen (secondary N) is 1. The Morgan fingerprint density at radius 3 is 1.92 bits per heavy atom. The first kappa shape index (κ1) is 11.7. The van der Waals surface area contributed by atoms with Gasteiger partial charge in [0, 0.05) is 6.92 Å². The Morgan fingerprint density at radius 2 is 1.69 bits per heavy atom. The zero-order valence-corrected chi connectivity index (χ0v) is 8.18.